The zero-order chi connectivity index (χ0) is 14.6. The summed E-state index contributed by atoms with van der Waals surface area (Å²) in [4.78, 5) is 1.97. The van der Waals surface area contributed by atoms with Crippen LogP contribution in [0.3, 0.4) is 0 Å². The minimum atomic E-state index is -4.36. The second-order valence-electron chi connectivity index (χ2n) is 4.59. The minimum Gasteiger partial charge on any atom is -0.369 e. The highest BCUT2D eigenvalue weighted by molar-refractivity contribution is 5.52. The summed E-state index contributed by atoms with van der Waals surface area (Å²) in [5.74, 6) is 0. The Morgan fingerprint density at radius 2 is 1.89 bits per heavy atom. The van der Waals surface area contributed by atoms with Gasteiger partial charge in [-0.25, -0.2) is 0 Å². The molecule has 0 radical (unpaired) electrons. The molecular formula is C14H21F3N2. The van der Waals surface area contributed by atoms with E-state index in [2.05, 4.69) is 0 Å². The van der Waals surface area contributed by atoms with E-state index in [1.807, 2.05) is 25.7 Å². The lowest BCUT2D eigenvalue weighted by Gasteiger charge is -2.30. The first-order valence-electron chi connectivity index (χ1n) is 6.51. The van der Waals surface area contributed by atoms with Gasteiger partial charge in [-0.05, 0) is 38.0 Å². The normalized spacial score (nSPS) is 13.4. The third-order valence-electron chi connectivity index (χ3n) is 3.41. The third-order valence-corrected chi connectivity index (χ3v) is 3.41. The fourth-order valence-corrected chi connectivity index (χ4v) is 2.15. The Morgan fingerprint density at radius 3 is 2.32 bits per heavy atom. The number of rotatable bonds is 5. The van der Waals surface area contributed by atoms with Gasteiger partial charge >= 0.3 is 6.18 Å². The predicted molar refractivity (Wildman–Crippen MR) is 72.1 cm³/mol. The number of alkyl halides is 3. The second kappa shape index (κ2) is 6.28. The van der Waals surface area contributed by atoms with E-state index in [-0.39, 0.29) is 18.2 Å². The van der Waals surface area contributed by atoms with Crippen LogP contribution in [0.5, 0.6) is 0 Å². The molecule has 1 rings (SSSR count). The summed E-state index contributed by atoms with van der Waals surface area (Å²) in [5, 5.41) is 0. The van der Waals surface area contributed by atoms with Gasteiger partial charge in [-0.1, -0.05) is 13.0 Å². The van der Waals surface area contributed by atoms with Crippen molar-refractivity contribution in [1.82, 2.24) is 0 Å². The maximum atomic E-state index is 13.0. The van der Waals surface area contributed by atoms with Crippen LogP contribution in [-0.4, -0.2) is 12.6 Å². The molecule has 0 heterocycles. The van der Waals surface area contributed by atoms with E-state index in [9.17, 15) is 13.2 Å². The summed E-state index contributed by atoms with van der Waals surface area (Å²) < 4.78 is 39.0. The van der Waals surface area contributed by atoms with Crippen molar-refractivity contribution in [1.29, 1.82) is 0 Å². The van der Waals surface area contributed by atoms with Crippen molar-refractivity contribution in [3.05, 3.63) is 29.3 Å². The summed E-state index contributed by atoms with van der Waals surface area (Å²) in [7, 11) is 0. The van der Waals surface area contributed by atoms with Crippen LogP contribution < -0.4 is 10.6 Å². The molecule has 0 saturated carbocycles. The Balaban J connectivity index is 3.24. The molecular weight excluding hydrogens is 253 g/mol. The van der Waals surface area contributed by atoms with Gasteiger partial charge in [0.15, 0.2) is 0 Å². The molecule has 0 bridgehead atoms. The number of hydrogen-bond acceptors (Lipinski definition) is 2. The van der Waals surface area contributed by atoms with Crippen molar-refractivity contribution < 1.29 is 13.2 Å². The number of halogens is 3. The average Bonchev–Trinajstić information content (AvgIpc) is 2.38. The molecule has 0 aliphatic rings. The quantitative estimate of drug-likeness (QED) is 0.885. The van der Waals surface area contributed by atoms with E-state index in [1.54, 1.807) is 6.07 Å². The van der Waals surface area contributed by atoms with E-state index >= 15 is 0 Å². The molecule has 0 amide bonds. The fourth-order valence-electron chi connectivity index (χ4n) is 2.15. The maximum absolute atomic E-state index is 13.0. The SMILES string of the molecule is CCC(C)N(CC)c1ccc(CN)c(C(F)(F)F)c1. The molecule has 0 spiro atoms. The molecule has 0 fully saturated rings. The van der Waals surface area contributed by atoms with E-state index in [0.29, 0.717) is 12.2 Å². The van der Waals surface area contributed by atoms with E-state index in [0.717, 1.165) is 6.42 Å². The van der Waals surface area contributed by atoms with Crippen LogP contribution >= 0.6 is 0 Å². The van der Waals surface area contributed by atoms with Gasteiger partial charge in [-0.2, -0.15) is 13.2 Å². The minimum absolute atomic E-state index is 0.107. The van der Waals surface area contributed by atoms with Crippen LogP contribution in [0.15, 0.2) is 18.2 Å². The molecule has 0 aliphatic carbocycles. The zero-order valence-corrected chi connectivity index (χ0v) is 11.6. The van der Waals surface area contributed by atoms with E-state index < -0.39 is 11.7 Å². The number of anilines is 1. The van der Waals surface area contributed by atoms with Gasteiger partial charge in [0.1, 0.15) is 0 Å². The molecule has 5 heteroatoms. The average molecular weight is 274 g/mol. The standard InChI is InChI=1S/C14H21F3N2/c1-4-10(3)19(5-2)12-7-6-11(9-18)13(8-12)14(15,16)17/h6-8,10H,4-5,9,18H2,1-3H3. The highest BCUT2D eigenvalue weighted by atomic mass is 19.4. The largest absolute Gasteiger partial charge is 0.416 e. The lowest BCUT2D eigenvalue weighted by molar-refractivity contribution is -0.138. The first kappa shape index (κ1) is 15.8. The summed E-state index contributed by atoms with van der Waals surface area (Å²) in [5.41, 5.74) is 5.48. The lowest BCUT2D eigenvalue weighted by Crippen LogP contribution is -2.32. The molecule has 1 unspecified atom stereocenters. The lowest BCUT2D eigenvalue weighted by atomic mass is 10.0. The van der Waals surface area contributed by atoms with Gasteiger partial charge in [0, 0.05) is 24.8 Å². The Morgan fingerprint density at radius 1 is 1.26 bits per heavy atom. The molecule has 108 valence electrons. The number of nitrogens with two attached hydrogens (primary N) is 1. The van der Waals surface area contributed by atoms with Crippen LogP contribution in [0, 0.1) is 0 Å². The van der Waals surface area contributed by atoms with E-state index in [1.165, 1.54) is 12.1 Å². The van der Waals surface area contributed by atoms with Crippen molar-refractivity contribution in [2.45, 2.75) is 46.0 Å². The van der Waals surface area contributed by atoms with Crippen LogP contribution in [0.4, 0.5) is 18.9 Å². The number of benzene rings is 1. The Kier molecular flexibility index (Phi) is 5.23. The maximum Gasteiger partial charge on any atom is 0.416 e. The van der Waals surface area contributed by atoms with Gasteiger partial charge < -0.3 is 10.6 Å². The summed E-state index contributed by atoms with van der Waals surface area (Å²) in [6, 6.07) is 4.60. The molecule has 19 heavy (non-hydrogen) atoms. The van der Waals surface area contributed by atoms with Crippen molar-refractivity contribution in [3.8, 4) is 0 Å². The van der Waals surface area contributed by atoms with Gasteiger partial charge in [0.05, 0.1) is 5.56 Å². The predicted octanol–water partition coefficient (Wildman–Crippen LogP) is 3.79. The Labute approximate surface area is 112 Å². The van der Waals surface area contributed by atoms with Crippen LogP contribution in [0.25, 0.3) is 0 Å². The fraction of sp³-hybridized carbons (Fsp3) is 0.571. The molecule has 0 aromatic heterocycles. The first-order chi connectivity index (χ1) is 8.85. The topological polar surface area (TPSA) is 29.3 Å². The zero-order valence-electron chi connectivity index (χ0n) is 11.6. The Bertz CT molecular complexity index is 416. The summed E-state index contributed by atoms with van der Waals surface area (Å²) >= 11 is 0. The second-order valence-corrected chi connectivity index (χ2v) is 4.59. The number of nitrogens with zero attached hydrogens (tertiary/aromatic N) is 1. The van der Waals surface area contributed by atoms with Crippen LogP contribution in [0.1, 0.15) is 38.3 Å². The molecule has 1 atom stereocenters. The van der Waals surface area contributed by atoms with Gasteiger partial charge in [-0.15, -0.1) is 0 Å². The van der Waals surface area contributed by atoms with Gasteiger partial charge in [0.2, 0.25) is 0 Å². The highest BCUT2D eigenvalue weighted by Crippen LogP contribution is 2.35. The van der Waals surface area contributed by atoms with Gasteiger partial charge in [-0.3, -0.25) is 0 Å². The van der Waals surface area contributed by atoms with Crippen LogP contribution in [-0.2, 0) is 12.7 Å². The van der Waals surface area contributed by atoms with E-state index in [4.69, 9.17) is 5.73 Å². The molecule has 0 aliphatic heterocycles. The summed E-state index contributed by atoms with van der Waals surface area (Å²) in [6.45, 7) is 6.54. The first-order valence-corrected chi connectivity index (χ1v) is 6.51. The summed E-state index contributed by atoms with van der Waals surface area (Å²) in [6.07, 6.45) is -3.48. The number of hydrogen-bond donors (Lipinski definition) is 1. The molecule has 2 nitrogen and oxygen atoms in total. The molecule has 1 aromatic carbocycles. The third kappa shape index (κ3) is 3.62. The highest BCUT2D eigenvalue weighted by Gasteiger charge is 2.33. The van der Waals surface area contributed by atoms with Crippen LogP contribution in [0.2, 0.25) is 0 Å². The molecule has 1 aromatic rings. The Hall–Kier alpha value is -1.23. The van der Waals surface area contributed by atoms with Crippen molar-refractivity contribution in [2.24, 2.45) is 5.73 Å². The molecule has 0 saturated heterocycles. The van der Waals surface area contributed by atoms with Crippen molar-refractivity contribution >= 4 is 5.69 Å². The van der Waals surface area contributed by atoms with Crippen molar-refractivity contribution in [2.75, 3.05) is 11.4 Å². The van der Waals surface area contributed by atoms with Crippen molar-refractivity contribution in [3.63, 3.8) is 0 Å². The monoisotopic (exact) mass is 274 g/mol. The van der Waals surface area contributed by atoms with Gasteiger partial charge in [0.25, 0.3) is 0 Å². The smallest absolute Gasteiger partial charge is 0.369 e. The molecule has 2 N–H and O–H groups in total.